The molecule has 0 spiro atoms. The molecule has 4 nitrogen and oxygen atoms in total. The van der Waals surface area contributed by atoms with Gasteiger partial charge in [-0.2, -0.15) is 0 Å². The summed E-state index contributed by atoms with van der Waals surface area (Å²) < 4.78 is 22.8. The third-order valence-corrected chi connectivity index (χ3v) is 4.79. The molecule has 0 bridgehead atoms. The highest BCUT2D eigenvalue weighted by atomic mass is 79.9. The Morgan fingerprint density at radius 1 is 1.37 bits per heavy atom. The molecule has 0 saturated carbocycles. The molecule has 0 fully saturated rings. The van der Waals surface area contributed by atoms with E-state index in [0.29, 0.717) is 19.0 Å². The Kier molecular flexibility index (Phi) is 5.00. The second-order valence-corrected chi connectivity index (χ2v) is 7.68. The largest absolute Gasteiger partial charge is 0.314 e. The molecule has 2 rings (SSSR count). The highest BCUT2D eigenvalue weighted by molar-refractivity contribution is 9.10. The van der Waals surface area contributed by atoms with Crippen LogP contribution in [0.3, 0.4) is 0 Å². The molecule has 0 heterocycles. The van der Waals surface area contributed by atoms with Gasteiger partial charge in [0.2, 0.25) is 10.0 Å². The minimum Gasteiger partial charge on any atom is -0.314 e. The van der Waals surface area contributed by atoms with Crippen LogP contribution >= 0.6 is 15.9 Å². The number of fused-ring (bicyclic) bond motifs is 1. The van der Waals surface area contributed by atoms with Crippen molar-refractivity contribution < 1.29 is 8.42 Å². The summed E-state index contributed by atoms with van der Waals surface area (Å²) in [5.41, 5.74) is 2.80. The Labute approximate surface area is 122 Å². The van der Waals surface area contributed by atoms with Gasteiger partial charge in [-0.1, -0.05) is 22.0 Å². The lowest BCUT2D eigenvalue weighted by Crippen LogP contribution is -2.36. The van der Waals surface area contributed by atoms with Gasteiger partial charge in [0.05, 0.1) is 5.75 Å². The van der Waals surface area contributed by atoms with Crippen LogP contribution in [0.4, 0.5) is 0 Å². The van der Waals surface area contributed by atoms with Gasteiger partial charge >= 0.3 is 0 Å². The highest BCUT2D eigenvalue weighted by Gasteiger charge is 2.18. The van der Waals surface area contributed by atoms with E-state index >= 15 is 0 Å². The van der Waals surface area contributed by atoms with Gasteiger partial charge in [0.15, 0.2) is 0 Å². The van der Waals surface area contributed by atoms with Crippen LogP contribution in [0.5, 0.6) is 0 Å². The second kappa shape index (κ2) is 6.35. The lowest BCUT2D eigenvalue weighted by atomic mass is 9.88. The molecule has 0 amide bonds. The van der Waals surface area contributed by atoms with E-state index in [2.05, 4.69) is 39.4 Å². The summed E-state index contributed by atoms with van der Waals surface area (Å²) in [4.78, 5) is 0. The topological polar surface area (TPSA) is 72.2 Å². The third kappa shape index (κ3) is 4.87. The smallest absolute Gasteiger partial charge is 0.209 e. The number of nitrogens with two attached hydrogens (primary N) is 1. The number of halogens is 1. The Morgan fingerprint density at radius 2 is 2.16 bits per heavy atom. The van der Waals surface area contributed by atoms with Crippen molar-refractivity contribution in [3.8, 4) is 0 Å². The van der Waals surface area contributed by atoms with E-state index in [-0.39, 0.29) is 5.75 Å². The molecule has 106 valence electrons. The molecule has 1 unspecified atom stereocenters. The summed E-state index contributed by atoms with van der Waals surface area (Å²) >= 11 is 3.49. The quantitative estimate of drug-likeness (QED) is 0.795. The summed E-state index contributed by atoms with van der Waals surface area (Å²) in [6.45, 7) is 0.701. The molecule has 0 saturated heterocycles. The molecule has 1 aromatic rings. The van der Waals surface area contributed by atoms with Crippen LogP contribution < -0.4 is 10.5 Å². The number of hydrogen-bond acceptors (Lipinski definition) is 3. The summed E-state index contributed by atoms with van der Waals surface area (Å²) in [5.74, 6) is 0.0518. The lowest BCUT2D eigenvalue weighted by Gasteiger charge is -2.25. The number of aryl methyl sites for hydroxylation is 1. The first-order valence-corrected chi connectivity index (χ1v) is 8.96. The molecule has 0 radical (unpaired) electrons. The average molecular weight is 347 g/mol. The Morgan fingerprint density at radius 3 is 2.89 bits per heavy atom. The van der Waals surface area contributed by atoms with Gasteiger partial charge < -0.3 is 5.32 Å². The van der Waals surface area contributed by atoms with E-state index < -0.39 is 10.0 Å². The monoisotopic (exact) mass is 346 g/mol. The Bertz CT molecular complexity index is 546. The molecule has 1 aliphatic carbocycles. The maximum Gasteiger partial charge on any atom is 0.209 e. The predicted octanol–water partition coefficient (Wildman–Crippen LogP) is 1.57. The van der Waals surface area contributed by atoms with Gasteiger partial charge in [-0.25, -0.2) is 13.6 Å². The van der Waals surface area contributed by atoms with Crippen LogP contribution in [0, 0.1) is 0 Å². The molecule has 19 heavy (non-hydrogen) atoms. The molecule has 1 atom stereocenters. The molecule has 1 aromatic carbocycles. The fourth-order valence-corrected chi connectivity index (χ4v) is 3.43. The van der Waals surface area contributed by atoms with Crippen LogP contribution in [0.1, 0.15) is 24.0 Å². The SMILES string of the molecule is NS(=O)(=O)CCCNC1CCc2cc(Br)ccc2C1. The summed E-state index contributed by atoms with van der Waals surface area (Å²) in [5, 5.41) is 8.39. The maximum absolute atomic E-state index is 10.8. The van der Waals surface area contributed by atoms with Crippen molar-refractivity contribution in [2.45, 2.75) is 31.7 Å². The van der Waals surface area contributed by atoms with Gasteiger partial charge in [0.25, 0.3) is 0 Å². The van der Waals surface area contributed by atoms with Crippen molar-refractivity contribution in [2.75, 3.05) is 12.3 Å². The van der Waals surface area contributed by atoms with Crippen molar-refractivity contribution in [1.29, 1.82) is 0 Å². The standard InChI is InChI=1S/C13H19BrN2O2S/c14-12-4-2-11-9-13(5-3-10(11)8-12)16-6-1-7-19(15,17)18/h2,4,8,13,16H,1,3,5-7,9H2,(H2,15,17,18). The zero-order chi connectivity index (χ0) is 13.9. The van der Waals surface area contributed by atoms with Crippen molar-refractivity contribution in [3.05, 3.63) is 33.8 Å². The number of rotatable bonds is 5. The van der Waals surface area contributed by atoms with Crippen LogP contribution in [-0.2, 0) is 22.9 Å². The van der Waals surface area contributed by atoms with E-state index in [1.807, 2.05) is 0 Å². The minimum atomic E-state index is -3.33. The third-order valence-electron chi connectivity index (χ3n) is 3.44. The Balaban J connectivity index is 1.80. The molecule has 6 heteroatoms. The number of hydrogen-bond donors (Lipinski definition) is 2. The molecule has 0 aliphatic heterocycles. The zero-order valence-corrected chi connectivity index (χ0v) is 13.1. The highest BCUT2D eigenvalue weighted by Crippen LogP contribution is 2.24. The van der Waals surface area contributed by atoms with Crippen molar-refractivity contribution in [1.82, 2.24) is 5.32 Å². The summed E-state index contributed by atoms with van der Waals surface area (Å²) in [6.07, 6.45) is 3.75. The number of benzene rings is 1. The number of nitrogens with one attached hydrogen (secondary N) is 1. The molecule has 3 N–H and O–H groups in total. The molecular weight excluding hydrogens is 328 g/mol. The fourth-order valence-electron chi connectivity index (χ4n) is 2.48. The van der Waals surface area contributed by atoms with E-state index in [1.165, 1.54) is 11.1 Å². The van der Waals surface area contributed by atoms with Gasteiger partial charge in [-0.3, -0.25) is 0 Å². The van der Waals surface area contributed by atoms with Crippen molar-refractivity contribution in [3.63, 3.8) is 0 Å². The van der Waals surface area contributed by atoms with E-state index in [0.717, 1.165) is 23.7 Å². The molecular formula is C13H19BrN2O2S. The van der Waals surface area contributed by atoms with Gasteiger partial charge in [0, 0.05) is 10.5 Å². The first kappa shape index (κ1) is 15.0. The van der Waals surface area contributed by atoms with E-state index in [4.69, 9.17) is 5.14 Å². The lowest BCUT2D eigenvalue weighted by molar-refractivity contribution is 0.458. The zero-order valence-electron chi connectivity index (χ0n) is 10.7. The van der Waals surface area contributed by atoms with E-state index in [1.54, 1.807) is 0 Å². The van der Waals surface area contributed by atoms with E-state index in [9.17, 15) is 8.42 Å². The van der Waals surface area contributed by atoms with Crippen LogP contribution in [0.2, 0.25) is 0 Å². The first-order chi connectivity index (χ1) is 8.94. The number of primary sulfonamides is 1. The summed E-state index contributed by atoms with van der Waals surface area (Å²) in [7, 11) is -3.33. The van der Waals surface area contributed by atoms with Crippen LogP contribution in [-0.4, -0.2) is 26.8 Å². The van der Waals surface area contributed by atoms with Crippen molar-refractivity contribution in [2.24, 2.45) is 5.14 Å². The molecule has 0 aromatic heterocycles. The second-order valence-electron chi connectivity index (χ2n) is 5.03. The average Bonchev–Trinajstić information content (AvgIpc) is 2.33. The first-order valence-electron chi connectivity index (χ1n) is 6.45. The fraction of sp³-hybridized carbons (Fsp3) is 0.538. The summed E-state index contributed by atoms with van der Waals surface area (Å²) in [6, 6.07) is 6.86. The minimum absolute atomic E-state index is 0.0518. The predicted molar refractivity (Wildman–Crippen MR) is 80.5 cm³/mol. The number of sulfonamides is 1. The van der Waals surface area contributed by atoms with Gasteiger partial charge in [-0.05, 0) is 55.5 Å². The normalized spacial score (nSPS) is 19.2. The van der Waals surface area contributed by atoms with Crippen LogP contribution in [0.25, 0.3) is 0 Å². The molecule has 1 aliphatic rings. The Hall–Kier alpha value is -0.430. The van der Waals surface area contributed by atoms with Crippen molar-refractivity contribution >= 4 is 26.0 Å². The maximum atomic E-state index is 10.8. The van der Waals surface area contributed by atoms with Crippen LogP contribution in [0.15, 0.2) is 22.7 Å². The van der Waals surface area contributed by atoms with Gasteiger partial charge in [-0.15, -0.1) is 0 Å². The van der Waals surface area contributed by atoms with Gasteiger partial charge in [0.1, 0.15) is 0 Å².